The van der Waals surface area contributed by atoms with E-state index >= 15 is 0 Å². The second-order valence-corrected chi connectivity index (χ2v) is 7.27. The van der Waals surface area contributed by atoms with Gasteiger partial charge in [-0.15, -0.1) is 12.4 Å². The van der Waals surface area contributed by atoms with Gasteiger partial charge in [0.2, 0.25) is 11.8 Å². The van der Waals surface area contributed by atoms with Crippen molar-refractivity contribution in [2.45, 2.75) is 25.3 Å². The Morgan fingerprint density at radius 2 is 2.18 bits per heavy atom. The van der Waals surface area contributed by atoms with Crippen molar-refractivity contribution in [2.24, 2.45) is 0 Å². The quantitative estimate of drug-likeness (QED) is 0.828. The molecular formula is C19H26ClN5O3. The molecule has 0 spiro atoms. The van der Waals surface area contributed by atoms with E-state index in [1.807, 2.05) is 25.1 Å². The average Bonchev–Trinajstić information content (AvgIpc) is 3.29. The molecule has 152 valence electrons. The number of likely N-dealkylation sites (N-methyl/N-ethyl adjacent to an activating group) is 1. The third kappa shape index (κ3) is 3.85. The van der Waals surface area contributed by atoms with Crippen LogP contribution in [0.3, 0.4) is 0 Å². The summed E-state index contributed by atoms with van der Waals surface area (Å²) >= 11 is 0. The van der Waals surface area contributed by atoms with Crippen molar-refractivity contribution >= 4 is 24.0 Å². The topological polar surface area (TPSA) is 83.7 Å². The summed E-state index contributed by atoms with van der Waals surface area (Å²) in [5.41, 5.74) is 1.87. The average molecular weight is 408 g/mol. The van der Waals surface area contributed by atoms with E-state index in [1.165, 1.54) is 0 Å². The van der Waals surface area contributed by atoms with Gasteiger partial charge in [0.1, 0.15) is 5.75 Å². The van der Waals surface area contributed by atoms with Crippen LogP contribution >= 0.6 is 12.4 Å². The van der Waals surface area contributed by atoms with Crippen molar-refractivity contribution in [1.29, 1.82) is 0 Å². The minimum atomic E-state index is -0.106. The molecule has 0 bridgehead atoms. The Hall–Kier alpha value is -2.16. The molecule has 1 amide bonds. The molecule has 2 atom stereocenters. The van der Waals surface area contributed by atoms with Gasteiger partial charge in [0.05, 0.1) is 24.8 Å². The van der Waals surface area contributed by atoms with Crippen molar-refractivity contribution in [2.75, 3.05) is 45.2 Å². The Bertz CT molecular complexity index is 843. The minimum Gasteiger partial charge on any atom is -0.495 e. The molecule has 2 aliphatic rings. The van der Waals surface area contributed by atoms with Crippen LogP contribution in [-0.4, -0.2) is 61.3 Å². The van der Waals surface area contributed by atoms with Crippen molar-refractivity contribution in [3.8, 4) is 5.75 Å². The molecule has 2 unspecified atom stereocenters. The number of nitrogens with zero attached hydrogens (tertiary/aromatic N) is 4. The molecule has 8 nitrogen and oxygen atoms in total. The number of aromatic nitrogens is 2. The van der Waals surface area contributed by atoms with Gasteiger partial charge in [-0.05, 0) is 31.7 Å². The molecule has 0 radical (unpaired) electrons. The van der Waals surface area contributed by atoms with Crippen LogP contribution in [-0.2, 0) is 4.79 Å². The Balaban J connectivity index is 0.00000225. The van der Waals surface area contributed by atoms with Gasteiger partial charge in [0, 0.05) is 32.6 Å². The lowest BCUT2D eigenvalue weighted by molar-refractivity contribution is -0.117. The molecule has 2 aliphatic heterocycles. The first kappa shape index (κ1) is 20.6. The van der Waals surface area contributed by atoms with Gasteiger partial charge in [0.25, 0.3) is 0 Å². The number of hydrogen-bond donors (Lipinski definition) is 1. The summed E-state index contributed by atoms with van der Waals surface area (Å²) < 4.78 is 11.0. The van der Waals surface area contributed by atoms with Gasteiger partial charge < -0.3 is 19.5 Å². The highest BCUT2D eigenvalue weighted by molar-refractivity contribution is 5.97. The molecule has 1 aromatic carbocycles. The maximum absolute atomic E-state index is 12.7. The largest absolute Gasteiger partial charge is 0.495 e. The van der Waals surface area contributed by atoms with E-state index in [2.05, 4.69) is 27.4 Å². The van der Waals surface area contributed by atoms with Crippen LogP contribution in [0.25, 0.3) is 0 Å². The number of ether oxygens (including phenoxy) is 1. The zero-order chi connectivity index (χ0) is 19.0. The van der Waals surface area contributed by atoms with E-state index in [-0.39, 0.29) is 30.3 Å². The number of aryl methyl sites for hydroxylation is 1. The number of anilines is 1. The number of halogens is 1. The van der Waals surface area contributed by atoms with Gasteiger partial charge >= 0.3 is 0 Å². The van der Waals surface area contributed by atoms with Crippen molar-refractivity contribution in [1.82, 2.24) is 20.4 Å². The SMILES string of the molecule is COc1ccc(C)cc1N1CC(c2nc(C3CNCCN3C)no2)CC1=O.Cl. The van der Waals surface area contributed by atoms with Crippen LogP contribution in [0.2, 0.25) is 0 Å². The predicted molar refractivity (Wildman–Crippen MR) is 107 cm³/mol. The third-order valence-corrected chi connectivity index (χ3v) is 5.37. The number of hydrogen-bond acceptors (Lipinski definition) is 7. The standard InChI is InChI=1S/C19H25N5O3.ClH/c1-12-4-5-16(26-3)14(8-12)24-11-13(9-17(24)25)19-21-18(22-27-19)15-10-20-6-7-23(15)2;/h4-5,8,13,15,20H,6-7,9-11H2,1-3H3;1H. The fourth-order valence-electron chi connectivity index (χ4n) is 3.76. The number of amides is 1. The van der Waals surface area contributed by atoms with Crippen LogP contribution < -0.4 is 15.0 Å². The predicted octanol–water partition coefficient (Wildman–Crippen LogP) is 1.91. The third-order valence-electron chi connectivity index (χ3n) is 5.37. The maximum Gasteiger partial charge on any atom is 0.232 e. The molecule has 1 aromatic heterocycles. The van der Waals surface area contributed by atoms with E-state index < -0.39 is 0 Å². The number of benzene rings is 1. The number of nitrogens with one attached hydrogen (secondary N) is 1. The first-order valence-corrected chi connectivity index (χ1v) is 9.26. The summed E-state index contributed by atoms with van der Waals surface area (Å²) in [7, 11) is 3.68. The highest BCUT2D eigenvalue weighted by atomic mass is 35.5. The van der Waals surface area contributed by atoms with Crippen molar-refractivity contribution < 1.29 is 14.1 Å². The fraction of sp³-hybridized carbons (Fsp3) is 0.526. The maximum atomic E-state index is 12.7. The van der Waals surface area contributed by atoms with Gasteiger partial charge in [-0.3, -0.25) is 9.69 Å². The van der Waals surface area contributed by atoms with Gasteiger partial charge in [0.15, 0.2) is 5.82 Å². The van der Waals surface area contributed by atoms with Crippen LogP contribution in [0, 0.1) is 6.92 Å². The normalized spacial score (nSPS) is 23.0. The lowest BCUT2D eigenvalue weighted by atomic mass is 10.1. The summed E-state index contributed by atoms with van der Waals surface area (Å²) in [6.07, 6.45) is 0.359. The van der Waals surface area contributed by atoms with Crippen molar-refractivity contribution in [3.05, 3.63) is 35.5 Å². The van der Waals surface area contributed by atoms with Gasteiger partial charge in [-0.1, -0.05) is 11.2 Å². The van der Waals surface area contributed by atoms with E-state index in [9.17, 15) is 4.79 Å². The molecular weight excluding hydrogens is 382 g/mol. The van der Waals surface area contributed by atoms with E-state index in [0.717, 1.165) is 30.9 Å². The number of piperazine rings is 1. The number of methoxy groups -OCH3 is 1. The number of carbonyl (C=O) groups excluding carboxylic acids is 1. The highest BCUT2D eigenvalue weighted by Crippen LogP contribution is 2.37. The van der Waals surface area contributed by atoms with Gasteiger partial charge in [-0.2, -0.15) is 4.98 Å². The Labute approximate surface area is 170 Å². The summed E-state index contributed by atoms with van der Waals surface area (Å²) in [5.74, 6) is 1.84. The molecule has 4 rings (SSSR count). The second-order valence-electron chi connectivity index (χ2n) is 7.27. The molecule has 2 fully saturated rings. The lowest BCUT2D eigenvalue weighted by Crippen LogP contribution is -2.44. The van der Waals surface area contributed by atoms with E-state index in [1.54, 1.807) is 12.0 Å². The van der Waals surface area contributed by atoms with Crippen molar-refractivity contribution in [3.63, 3.8) is 0 Å². The molecule has 1 N–H and O–H groups in total. The highest BCUT2D eigenvalue weighted by Gasteiger charge is 2.37. The van der Waals surface area contributed by atoms with Crippen LogP contribution in [0.1, 0.15) is 35.7 Å². The van der Waals surface area contributed by atoms with Crippen LogP contribution in [0.15, 0.2) is 22.7 Å². The number of rotatable bonds is 4. The Morgan fingerprint density at radius 1 is 1.36 bits per heavy atom. The van der Waals surface area contributed by atoms with Gasteiger partial charge in [-0.25, -0.2) is 0 Å². The number of carbonyl (C=O) groups is 1. The zero-order valence-electron chi connectivity index (χ0n) is 16.3. The summed E-state index contributed by atoms with van der Waals surface area (Å²) in [6.45, 7) is 5.21. The summed E-state index contributed by atoms with van der Waals surface area (Å²) in [6, 6.07) is 5.93. The molecule has 2 saturated heterocycles. The second kappa shape index (κ2) is 8.46. The Kier molecular flexibility index (Phi) is 6.22. The minimum absolute atomic E-state index is 0. The fourth-order valence-corrected chi connectivity index (χ4v) is 3.76. The molecule has 9 heteroatoms. The molecule has 28 heavy (non-hydrogen) atoms. The monoisotopic (exact) mass is 407 g/mol. The molecule has 2 aromatic rings. The Morgan fingerprint density at radius 3 is 2.93 bits per heavy atom. The smallest absolute Gasteiger partial charge is 0.232 e. The zero-order valence-corrected chi connectivity index (χ0v) is 17.2. The van der Waals surface area contributed by atoms with Crippen LogP contribution in [0.4, 0.5) is 5.69 Å². The molecule has 0 saturated carbocycles. The summed E-state index contributed by atoms with van der Waals surface area (Å²) in [4.78, 5) is 21.3. The molecule has 3 heterocycles. The van der Waals surface area contributed by atoms with E-state index in [0.29, 0.717) is 30.4 Å². The molecule has 0 aliphatic carbocycles. The summed E-state index contributed by atoms with van der Waals surface area (Å²) in [5, 5.41) is 7.54. The first-order chi connectivity index (χ1) is 13.1. The lowest BCUT2D eigenvalue weighted by Gasteiger charge is -2.30. The van der Waals surface area contributed by atoms with Crippen LogP contribution in [0.5, 0.6) is 5.75 Å². The van der Waals surface area contributed by atoms with E-state index in [4.69, 9.17) is 9.26 Å². The first-order valence-electron chi connectivity index (χ1n) is 9.26.